The molecule has 0 aliphatic carbocycles. The van der Waals surface area contributed by atoms with Gasteiger partial charge in [0.05, 0.1) is 0 Å². The van der Waals surface area contributed by atoms with Crippen molar-refractivity contribution in [3.8, 4) is 11.5 Å². The van der Waals surface area contributed by atoms with Gasteiger partial charge < -0.3 is 40.7 Å². The van der Waals surface area contributed by atoms with Crippen LogP contribution in [0.25, 0.3) is 0 Å². The number of benzene rings is 1. The van der Waals surface area contributed by atoms with Crippen molar-refractivity contribution in [1.82, 2.24) is 36.4 Å². The molecule has 4 heterocycles. The summed E-state index contributed by atoms with van der Waals surface area (Å²) in [4.78, 5) is 80.0. The van der Waals surface area contributed by atoms with Gasteiger partial charge in [-0.25, -0.2) is 4.79 Å². The number of rotatable bonds is 9. The van der Waals surface area contributed by atoms with E-state index in [0.29, 0.717) is 49.6 Å². The molecule has 3 aliphatic rings. The lowest BCUT2D eigenvalue weighted by atomic mass is 10.1. The van der Waals surface area contributed by atoms with E-state index in [9.17, 15) is 33.9 Å². The van der Waals surface area contributed by atoms with E-state index < -0.39 is 47.9 Å². The SMILES string of the molecule is CC(C)Cc1cc(C(=O)N[C@H]2CCCCNC(=O)CC[C@@H](C(=O)O)NC(=O)[C@@H]3C[C@@H](NC(=O)CCc4ccc5c(c4)OCO5)CN3C2=O)n[nH]1. The predicted molar refractivity (Wildman–Crippen MR) is 177 cm³/mol. The fourth-order valence-electron chi connectivity index (χ4n) is 6.39. The van der Waals surface area contributed by atoms with Gasteiger partial charge in [0.2, 0.25) is 30.4 Å². The van der Waals surface area contributed by atoms with Gasteiger partial charge in [0.1, 0.15) is 23.8 Å². The Hall–Kier alpha value is -5.15. The standard InChI is InChI=1S/C34H45N7O9/c1-19(2)13-21-15-25(40-39-21)31(44)37-23-5-3-4-12-35-29(42)11-8-24(34(47)48)38-32(45)26-16-22(17-41(26)33(23)46)36-30(43)10-7-20-6-9-27-28(14-20)50-18-49-27/h6,9,14-15,19,22-24,26H,3-5,7-8,10-13,16-18H2,1-2H3,(H,35,42)(H,36,43)(H,37,44)(H,38,45)(H,39,40)(H,47,48)/t22-,23+,24+,26+/m1/s1. The number of aromatic amines is 1. The van der Waals surface area contributed by atoms with Gasteiger partial charge in [-0.05, 0) is 74.6 Å². The van der Waals surface area contributed by atoms with Gasteiger partial charge in [-0.15, -0.1) is 0 Å². The molecule has 16 nitrogen and oxygen atoms in total. The average Bonchev–Trinajstić information content (AvgIpc) is 3.83. The number of hydrogen-bond acceptors (Lipinski definition) is 9. The monoisotopic (exact) mass is 695 g/mol. The maximum atomic E-state index is 14.2. The van der Waals surface area contributed by atoms with E-state index in [2.05, 4.69) is 31.5 Å². The normalized spacial score (nSPS) is 22.9. The number of aryl methyl sites for hydroxylation is 1. The highest BCUT2D eigenvalue weighted by molar-refractivity contribution is 5.98. The molecule has 0 unspecified atom stereocenters. The van der Waals surface area contributed by atoms with Gasteiger partial charge in [-0.3, -0.25) is 29.1 Å². The fourth-order valence-corrected chi connectivity index (χ4v) is 6.39. The van der Waals surface area contributed by atoms with Gasteiger partial charge in [-0.1, -0.05) is 19.9 Å². The van der Waals surface area contributed by atoms with E-state index in [4.69, 9.17) is 9.47 Å². The summed E-state index contributed by atoms with van der Waals surface area (Å²) in [7, 11) is 0. The lowest BCUT2D eigenvalue weighted by molar-refractivity contribution is -0.144. The first-order valence-electron chi connectivity index (χ1n) is 17.1. The zero-order valence-electron chi connectivity index (χ0n) is 28.3. The van der Waals surface area contributed by atoms with Crippen molar-refractivity contribution >= 4 is 35.5 Å². The molecule has 2 aromatic rings. The number of aliphatic carboxylic acids is 1. The first-order chi connectivity index (χ1) is 24.0. The smallest absolute Gasteiger partial charge is 0.326 e. The third-order valence-electron chi connectivity index (χ3n) is 8.94. The Balaban J connectivity index is 1.32. The number of carbonyl (C=O) groups is 6. The molecule has 2 fully saturated rings. The number of carbonyl (C=O) groups excluding carboxylic acids is 5. The molecule has 2 saturated heterocycles. The van der Waals surface area contributed by atoms with Crippen LogP contribution in [-0.4, -0.2) is 99.8 Å². The van der Waals surface area contributed by atoms with Crippen LogP contribution in [0.5, 0.6) is 11.5 Å². The molecule has 0 spiro atoms. The lowest BCUT2D eigenvalue weighted by Crippen LogP contribution is -2.55. The molecule has 1 aromatic carbocycles. The second-order valence-corrected chi connectivity index (χ2v) is 13.4. The minimum atomic E-state index is -1.37. The van der Waals surface area contributed by atoms with Crippen LogP contribution in [0.2, 0.25) is 0 Å². The van der Waals surface area contributed by atoms with Gasteiger partial charge in [0.15, 0.2) is 11.5 Å². The van der Waals surface area contributed by atoms with Crippen molar-refractivity contribution in [1.29, 1.82) is 0 Å². The van der Waals surface area contributed by atoms with E-state index >= 15 is 0 Å². The van der Waals surface area contributed by atoms with Crippen LogP contribution in [0.1, 0.15) is 80.5 Å². The highest BCUT2D eigenvalue weighted by Crippen LogP contribution is 2.33. The third kappa shape index (κ3) is 9.51. The van der Waals surface area contributed by atoms with E-state index in [1.807, 2.05) is 26.0 Å². The van der Waals surface area contributed by atoms with Crippen LogP contribution in [0.3, 0.4) is 0 Å². The van der Waals surface area contributed by atoms with E-state index in [1.165, 1.54) is 4.90 Å². The molecular weight excluding hydrogens is 650 g/mol. The zero-order chi connectivity index (χ0) is 35.8. The molecule has 5 rings (SSSR count). The quantitative estimate of drug-likeness (QED) is 0.217. The number of nitrogens with zero attached hydrogens (tertiary/aromatic N) is 2. The van der Waals surface area contributed by atoms with Crippen LogP contribution >= 0.6 is 0 Å². The first kappa shape index (κ1) is 36.1. The van der Waals surface area contributed by atoms with Crippen LogP contribution in [-0.2, 0) is 36.8 Å². The van der Waals surface area contributed by atoms with Crippen LogP contribution in [0.15, 0.2) is 24.3 Å². The molecule has 6 N–H and O–H groups in total. The summed E-state index contributed by atoms with van der Waals surface area (Å²) in [6.45, 7) is 4.48. The Morgan fingerprint density at radius 2 is 1.86 bits per heavy atom. The summed E-state index contributed by atoms with van der Waals surface area (Å²) in [5.74, 6) is -2.24. The molecule has 1 aromatic heterocycles. The van der Waals surface area contributed by atoms with Crippen LogP contribution < -0.4 is 30.7 Å². The highest BCUT2D eigenvalue weighted by atomic mass is 16.7. The Morgan fingerprint density at radius 3 is 2.64 bits per heavy atom. The van der Waals surface area contributed by atoms with E-state index in [0.717, 1.165) is 11.3 Å². The van der Waals surface area contributed by atoms with Gasteiger partial charge in [-0.2, -0.15) is 5.10 Å². The van der Waals surface area contributed by atoms with Crippen molar-refractivity contribution < 1.29 is 43.3 Å². The first-order valence-corrected chi connectivity index (χ1v) is 17.1. The van der Waals surface area contributed by atoms with E-state index in [-0.39, 0.29) is 63.0 Å². The van der Waals surface area contributed by atoms with Gasteiger partial charge in [0.25, 0.3) is 5.91 Å². The van der Waals surface area contributed by atoms with Crippen LogP contribution in [0.4, 0.5) is 0 Å². The fraction of sp³-hybridized carbons (Fsp3) is 0.559. The number of carboxylic acids is 1. The van der Waals surface area contributed by atoms with Crippen molar-refractivity contribution in [3.63, 3.8) is 0 Å². The number of carboxylic acid groups (broad SMARTS) is 1. The summed E-state index contributed by atoms with van der Waals surface area (Å²) in [6.07, 6.45) is 2.15. The predicted octanol–water partition coefficient (Wildman–Crippen LogP) is 0.804. The minimum absolute atomic E-state index is 0.0265. The van der Waals surface area contributed by atoms with Gasteiger partial charge >= 0.3 is 5.97 Å². The second-order valence-electron chi connectivity index (χ2n) is 13.4. The number of nitrogens with one attached hydrogen (secondary N) is 5. The summed E-state index contributed by atoms with van der Waals surface area (Å²) < 4.78 is 10.8. The number of aromatic nitrogens is 2. The molecule has 4 atom stereocenters. The minimum Gasteiger partial charge on any atom is -0.480 e. The lowest BCUT2D eigenvalue weighted by Gasteiger charge is -2.29. The maximum absolute atomic E-state index is 14.2. The largest absolute Gasteiger partial charge is 0.480 e. The molecule has 3 aliphatic heterocycles. The van der Waals surface area contributed by atoms with Crippen molar-refractivity contribution in [2.75, 3.05) is 19.9 Å². The Bertz CT molecular complexity index is 1590. The number of H-pyrrole nitrogens is 1. The van der Waals surface area contributed by atoms with Crippen molar-refractivity contribution in [3.05, 3.63) is 41.2 Å². The number of fused-ring (bicyclic) bond motifs is 2. The Morgan fingerprint density at radius 1 is 1.06 bits per heavy atom. The Kier molecular flexibility index (Phi) is 11.9. The summed E-state index contributed by atoms with van der Waals surface area (Å²) >= 11 is 0. The molecular formula is C34H45N7O9. The zero-order valence-corrected chi connectivity index (χ0v) is 28.3. The molecule has 0 bridgehead atoms. The molecule has 270 valence electrons. The topological polar surface area (TPSA) is 221 Å². The Labute approximate surface area is 289 Å². The number of hydrogen-bond donors (Lipinski definition) is 6. The third-order valence-corrected chi connectivity index (χ3v) is 8.94. The second kappa shape index (κ2) is 16.5. The highest BCUT2D eigenvalue weighted by Gasteiger charge is 2.43. The molecule has 50 heavy (non-hydrogen) atoms. The molecule has 16 heteroatoms. The van der Waals surface area contributed by atoms with Crippen LogP contribution in [0, 0.1) is 5.92 Å². The van der Waals surface area contributed by atoms with Gasteiger partial charge in [0, 0.05) is 37.7 Å². The number of ether oxygens (including phenoxy) is 2. The van der Waals surface area contributed by atoms with E-state index in [1.54, 1.807) is 12.1 Å². The maximum Gasteiger partial charge on any atom is 0.326 e. The summed E-state index contributed by atoms with van der Waals surface area (Å²) in [5.41, 5.74) is 1.76. The van der Waals surface area contributed by atoms with Crippen molar-refractivity contribution in [2.24, 2.45) is 5.92 Å². The summed E-state index contributed by atoms with van der Waals surface area (Å²) in [6, 6.07) is 2.90. The average molecular weight is 696 g/mol. The van der Waals surface area contributed by atoms with Crippen molar-refractivity contribution in [2.45, 2.75) is 95.8 Å². The number of amides is 5. The molecule has 5 amide bonds. The summed E-state index contributed by atoms with van der Waals surface area (Å²) in [5, 5.41) is 27.7. The molecule has 0 radical (unpaired) electrons. The molecule has 0 saturated carbocycles.